The number of benzene rings is 2. The van der Waals surface area contributed by atoms with Gasteiger partial charge in [0.25, 0.3) is 5.91 Å². The number of anilines is 1. The van der Waals surface area contributed by atoms with Crippen molar-refractivity contribution < 1.29 is 14.6 Å². The standard InChI is InChI=1S/C16H14ClNO3/c1-9-2-4-11(17)7-12(9)16(20)10-3-5-14-13(6-10)18-15(19)8-21-14/h2-7,16,20H,8H2,1H3,(H,18,19). The summed E-state index contributed by atoms with van der Waals surface area (Å²) in [6.45, 7) is 1.93. The van der Waals surface area contributed by atoms with Crippen LogP contribution in [0.25, 0.3) is 0 Å². The molecule has 4 nitrogen and oxygen atoms in total. The van der Waals surface area contributed by atoms with Crippen molar-refractivity contribution in [3.8, 4) is 5.75 Å². The van der Waals surface area contributed by atoms with Gasteiger partial charge in [0.15, 0.2) is 6.61 Å². The van der Waals surface area contributed by atoms with Crippen LogP contribution < -0.4 is 10.1 Å². The molecule has 0 aliphatic carbocycles. The first-order chi connectivity index (χ1) is 10.0. The van der Waals surface area contributed by atoms with Crippen LogP contribution in [0.15, 0.2) is 36.4 Å². The lowest BCUT2D eigenvalue weighted by molar-refractivity contribution is -0.118. The van der Waals surface area contributed by atoms with E-state index in [9.17, 15) is 9.90 Å². The lowest BCUT2D eigenvalue weighted by Gasteiger charge is -2.20. The number of hydrogen-bond acceptors (Lipinski definition) is 3. The maximum atomic E-state index is 11.4. The van der Waals surface area contributed by atoms with E-state index in [0.717, 1.165) is 11.1 Å². The number of fused-ring (bicyclic) bond motifs is 1. The Labute approximate surface area is 127 Å². The Morgan fingerprint density at radius 3 is 2.90 bits per heavy atom. The van der Waals surface area contributed by atoms with Gasteiger partial charge >= 0.3 is 0 Å². The molecule has 2 N–H and O–H groups in total. The molecule has 0 saturated carbocycles. The average Bonchev–Trinajstić information content (AvgIpc) is 2.48. The summed E-state index contributed by atoms with van der Waals surface area (Å²) >= 11 is 5.99. The van der Waals surface area contributed by atoms with Crippen LogP contribution in [0.5, 0.6) is 5.75 Å². The molecule has 0 spiro atoms. The lowest BCUT2D eigenvalue weighted by Crippen LogP contribution is -2.25. The third-order valence-corrected chi connectivity index (χ3v) is 3.72. The zero-order valence-electron chi connectivity index (χ0n) is 11.4. The highest BCUT2D eigenvalue weighted by Gasteiger charge is 2.19. The summed E-state index contributed by atoms with van der Waals surface area (Å²) in [5.74, 6) is 0.404. The fraction of sp³-hybridized carbons (Fsp3) is 0.188. The van der Waals surface area contributed by atoms with Crippen LogP contribution in [-0.4, -0.2) is 17.6 Å². The number of rotatable bonds is 2. The summed E-state index contributed by atoms with van der Waals surface area (Å²) in [5.41, 5.74) is 2.93. The third kappa shape index (κ3) is 2.73. The third-order valence-electron chi connectivity index (χ3n) is 3.49. The molecule has 2 aromatic rings. The first-order valence-electron chi connectivity index (χ1n) is 6.55. The smallest absolute Gasteiger partial charge is 0.262 e. The van der Waals surface area contributed by atoms with Gasteiger partial charge in [0.1, 0.15) is 11.9 Å². The number of ether oxygens (including phenoxy) is 1. The van der Waals surface area contributed by atoms with Crippen LogP contribution in [0.1, 0.15) is 22.8 Å². The molecule has 1 aliphatic heterocycles. The predicted octanol–water partition coefficient (Wildman–Crippen LogP) is 3.06. The van der Waals surface area contributed by atoms with Crippen molar-refractivity contribution in [1.82, 2.24) is 0 Å². The summed E-state index contributed by atoms with van der Waals surface area (Å²) in [6, 6.07) is 10.6. The molecular weight excluding hydrogens is 290 g/mol. The molecule has 3 rings (SSSR count). The number of carbonyl (C=O) groups excluding carboxylic acids is 1. The molecule has 0 bridgehead atoms. The van der Waals surface area contributed by atoms with Crippen molar-refractivity contribution in [1.29, 1.82) is 0 Å². The minimum absolute atomic E-state index is 0.0162. The molecule has 2 aromatic carbocycles. The molecule has 0 aromatic heterocycles. The fourth-order valence-corrected chi connectivity index (χ4v) is 2.54. The van der Waals surface area contributed by atoms with Gasteiger partial charge in [0.05, 0.1) is 5.69 Å². The van der Waals surface area contributed by atoms with Crippen LogP contribution in [0.2, 0.25) is 5.02 Å². The second-order valence-corrected chi connectivity index (χ2v) is 5.43. The van der Waals surface area contributed by atoms with Crippen LogP contribution in [0, 0.1) is 6.92 Å². The first-order valence-corrected chi connectivity index (χ1v) is 6.93. The van der Waals surface area contributed by atoms with E-state index < -0.39 is 6.10 Å². The highest BCUT2D eigenvalue weighted by Crippen LogP contribution is 2.34. The zero-order valence-corrected chi connectivity index (χ0v) is 12.1. The summed E-state index contributed by atoms with van der Waals surface area (Å²) in [5, 5.41) is 13.9. The van der Waals surface area contributed by atoms with Crippen molar-refractivity contribution in [3.63, 3.8) is 0 Å². The van der Waals surface area contributed by atoms with E-state index in [2.05, 4.69) is 5.32 Å². The van der Waals surface area contributed by atoms with Crippen molar-refractivity contribution in [2.45, 2.75) is 13.0 Å². The van der Waals surface area contributed by atoms with Gasteiger partial charge in [0, 0.05) is 5.02 Å². The van der Waals surface area contributed by atoms with E-state index in [1.54, 1.807) is 30.3 Å². The quantitative estimate of drug-likeness (QED) is 0.896. The van der Waals surface area contributed by atoms with Gasteiger partial charge < -0.3 is 15.2 Å². The summed E-state index contributed by atoms with van der Waals surface area (Å²) in [4.78, 5) is 11.4. The molecule has 1 aliphatic rings. The number of aliphatic hydroxyl groups excluding tert-OH is 1. The Kier molecular flexibility index (Phi) is 3.57. The minimum Gasteiger partial charge on any atom is -0.482 e. The van der Waals surface area contributed by atoms with Crippen molar-refractivity contribution in [2.75, 3.05) is 11.9 Å². The van der Waals surface area contributed by atoms with Crippen LogP contribution in [0.4, 0.5) is 5.69 Å². The van der Waals surface area contributed by atoms with Crippen LogP contribution in [0.3, 0.4) is 0 Å². The predicted molar refractivity (Wildman–Crippen MR) is 80.8 cm³/mol. The highest BCUT2D eigenvalue weighted by molar-refractivity contribution is 6.30. The van der Waals surface area contributed by atoms with Gasteiger partial charge in [-0.3, -0.25) is 4.79 Å². The minimum atomic E-state index is -0.812. The Bertz CT molecular complexity index is 715. The topological polar surface area (TPSA) is 58.6 Å². The second kappa shape index (κ2) is 5.39. The molecule has 1 heterocycles. The summed E-state index contributed by atoms with van der Waals surface area (Å²) < 4.78 is 5.30. The molecule has 108 valence electrons. The maximum Gasteiger partial charge on any atom is 0.262 e. The van der Waals surface area contributed by atoms with E-state index in [-0.39, 0.29) is 12.5 Å². The Hall–Kier alpha value is -2.04. The SMILES string of the molecule is Cc1ccc(Cl)cc1C(O)c1ccc2c(c1)NC(=O)CO2. The molecular formula is C16H14ClNO3. The number of carbonyl (C=O) groups is 1. The van der Waals surface area contributed by atoms with Gasteiger partial charge in [-0.25, -0.2) is 0 Å². The van der Waals surface area contributed by atoms with E-state index >= 15 is 0 Å². The molecule has 5 heteroatoms. The van der Waals surface area contributed by atoms with E-state index in [4.69, 9.17) is 16.3 Å². The first kappa shape index (κ1) is 13.9. The number of amides is 1. The van der Waals surface area contributed by atoms with Gasteiger partial charge in [-0.1, -0.05) is 23.7 Å². The van der Waals surface area contributed by atoms with Gasteiger partial charge in [-0.2, -0.15) is 0 Å². The van der Waals surface area contributed by atoms with E-state index in [1.807, 2.05) is 13.0 Å². The molecule has 0 radical (unpaired) electrons. The lowest BCUT2D eigenvalue weighted by atomic mass is 9.97. The number of aliphatic hydroxyl groups is 1. The highest BCUT2D eigenvalue weighted by atomic mass is 35.5. The molecule has 1 atom stereocenters. The number of halogens is 1. The van der Waals surface area contributed by atoms with Crippen LogP contribution >= 0.6 is 11.6 Å². The monoisotopic (exact) mass is 303 g/mol. The van der Waals surface area contributed by atoms with E-state index in [0.29, 0.717) is 22.0 Å². The molecule has 0 fully saturated rings. The Morgan fingerprint density at radius 2 is 2.10 bits per heavy atom. The molecule has 21 heavy (non-hydrogen) atoms. The van der Waals surface area contributed by atoms with Crippen molar-refractivity contribution in [3.05, 3.63) is 58.1 Å². The van der Waals surface area contributed by atoms with Gasteiger partial charge in [-0.05, 0) is 47.9 Å². The summed E-state index contributed by atoms with van der Waals surface area (Å²) in [7, 11) is 0. The fourth-order valence-electron chi connectivity index (χ4n) is 2.36. The Balaban J connectivity index is 1.98. The van der Waals surface area contributed by atoms with Gasteiger partial charge in [0.2, 0.25) is 0 Å². The average molecular weight is 304 g/mol. The maximum absolute atomic E-state index is 11.4. The second-order valence-electron chi connectivity index (χ2n) is 5.00. The number of aryl methyl sites for hydroxylation is 1. The van der Waals surface area contributed by atoms with E-state index in [1.165, 1.54) is 0 Å². The van der Waals surface area contributed by atoms with Gasteiger partial charge in [-0.15, -0.1) is 0 Å². The molecule has 1 unspecified atom stereocenters. The summed E-state index contributed by atoms with van der Waals surface area (Å²) in [6.07, 6.45) is -0.812. The zero-order chi connectivity index (χ0) is 15.0. The van der Waals surface area contributed by atoms with Crippen molar-refractivity contribution >= 4 is 23.2 Å². The largest absolute Gasteiger partial charge is 0.482 e. The molecule has 0 saturated heterocycles. The van der Waals surface area contributed by atoms with Crippen molar-refractivity contribution in [2.24, 2.45) is 0 Å². The molecule has 1 amide bonds. The number of hydrogen-bond donors (Lipinski definition) is 2. The Morgan fingerprint density at radius 1 is 1.29 bits per heavy atom. The number of nitrogens with one attached hydrogen (secondary N) is 1. The van der Waals surface area contributed by atoms with Crippen LogP contribution in [-0.2, 0) is 4.79 Å². The normalized spacial score (nSPS) is 14.9.